The number of nitrogens with one attached hydrogen (secondary N) is 1. The first-order chi connectivity index (χ1) is 8.54. The third kappa shape index (κ3) is 3.29. The fraction of sp³-hybridized carbons (Fsp3) is 0.583. The molecule has 0 aliphatic heterocycles. The lowest BCUT2D eigenvalue weighted by Crippen LogP contribution is -2.34. The number of hydrogen-bond donors (Lipinski definition) is 2. The highest BCUT2D eigenvalue weighted by Gasteiger charge is 2.30. The van der Waals surface area contributed by atoms with Crippen LogP contribution < -0.4 is 5.32 Å². The van der Waals surface area contributed by atoms with Gasteiger partial charge in [-0.2, -0.15) is 0 Å². The van der Waals surface area contributed by atoms with Crippen molar-refractivity contribution in [2.75, 3.05) is 0 Å². The summed E-state index contributed by atoms with van der Waals surface area (Å²) < 4.78 is 0. The van der Waals surface area contributed by atoms with Gasteiger partial charge in [0.25, 0.3) is 0 Å². The Kier molecular flexibility index (Phi) is 3.96. The highest BCUT2D eigenvalue weighted by molar-refractivity contribution is 7.09. The molecule has 1 aromatic rings. The van der Waals surface area contributed by atoms with E-state index in [0.717, 1.165) is 17.1 Å². The first kappa shape index (κ1) is 13.0. The van der Waals surface area contributed by atoms with Gasteiger partial charge in [-0.3, -0.25) is 9.59 Å². The fourth-order valence-corrected chi connectivity index (χ4v) is 2.88. The van der Waals surface area contributed by atoms with Gasteiger partial charge in [-0.05, 0) is 26.2 Å². The van der Waals surface area contributed by atoms with Crippen molar-refractivity contribution in [3.8, 4) is 0 Å². The summed E-state index contributed by atoms with van der Waals surface area (Å²) in [5, 5.41) is 14.6. The van der Waals surface area contributed by atoms with Gasteiger partial charge in [-0.25, -0.2) is 4.98 Å². The third-order valence-corrected chi connectivity index (χ3v) is 3.98. The molecule has 0 radical (unpaired) electrons. The van der Waals surface area contributed by atoms with Crippen molar-refractivity contribution in [1.82, 2.24) is 10.3 Å². The van der Waals surface area contributed by atoms with Crippen molar-refractivity contribution in [3.63, 3.8) is 0 Å². The molecule has 1 fully saturated rings. The van der Waals surface area contributed by atoms with Gasteiger partial charge < -0.3 is 10.4 Å². The quantitative estimate of drug-likeness (QED) is 0.864. The molecule has 6 heteroatoms. The molecule has 1 aromatic heterocycles. The third-order valence-electron chi connectivity index (χ3n) is 3.16. The molecule has 1 saturated carbocycles. The molecule has 0 bridgehead atoms. The largest absolute Gasteiger partial charge is 0.481 e. The minimum atomic E-state index is -0.762. The summed E-state index contributed by atoms with van der Waals surface area (Å²) in [7, 11) is 0. The number of amides is 1. The number of nitrogens with zero attached hydrogens (tertiary/aromatic N) is 1. The zero-order chi connectivity index (χ0) is 13.1. The Bertz CT molecular complexity index is 458. The van der Waals surface area contributed by atoms with Crippen molar-refractivity contribution >= 4 is 23.2 Å². The zero-order valence-electron chi connectivity index (χ0n) is 10.2. The van der Waals surface area contributed by atoms with Gasteiger partial charge in [0.15, 0.2) is 0 Å². The summed E-state index contributed by atoms with van der Waals surface area (Å²) in [6, 6.07) is -0.00154. The normalized spacial score (nSPS) is 22.9. The highest BCUT2D eigenvalue weighted by Crippen LogP contribution is 2.25. The topological polar surface area (TPSA) is 79.3 Å². The SMILES string of the molecule is Cc1nc(CC(=O)N[C@H]2CC[C@@H](C(=O)O)C2)cs1. The predicted molar refractivity (Wildman–Crippen MR) is 67.5 cm³/mol. The average Bonchev–Trinajstić information content (AvgIpc) is 2.88. The Morgan fingerprint density at radius 1 is 1.56 bits per heavy atom. The number of aryl methyl sites for hydroxylation is 1. The highest BCUT2D eigenvalue weighted by atomic mass is 32.1. The first-order valence-corrected chi connectivity index (χ1v) is 6.85. The van der Waals surface area contributed by atoms with E-state index in [-0.39, 0.29) is 24.3 Å². The van der Waals surface area contributed by atoms with Crippen LogP contribution in [-0.2, 0) is 16.0 Å². The molecule has 98 valence electrons. The Morgan fingerprint density at radius 2 is 2.33 bits per heavy atom. The lowest BCUT2D eigenvalue weighted by Gasteiger charge is -2.11. The lowest BCUT2D eigenvalue weighted by molar-refractivity contribution is -0.141. The summed E-state index contributed by atoms with van der Waals surface area (Å²) in [5.41, 5.74) is 0.780. The fourth-order valence-electron chi connectivity index (χ4n) is 2.27. The van der Waals surface area contributed by atoms with E-state index in [4.69, 9.17) is 5.11 Å². The van der Waals surface area contributed by atoms with Crippen LogP contribution in [0, 0.1) is 12.8 Å². The number of rotatable bonds is 4. The van der Waals surface area contributed by atoms with Crippen LogP contribution >= 0.6 is 11.3 Å². The minimum Gasteiger partial charge on any atom is -0.481 e. The van der Waals surface area contributed by atoms with E-state index in [1.165, 1.54) is 11.3 Å². The van der Waals surface area contributed by atoms with Gasteiger partial charge in [0.1, 0.15) is 0 Å². The smallest absolute Gasteiger partial charge is 0.306 e. The van der Waals surface area contributed by atoms with E-state index in [2.05, 4.69) is 10.3 Å². The Balaban J connectivity index is 1.80. The molecule has 1 aliphatic carbocycles. The van der Waals surface area contributed by atoms with Crippen molar-refractivity contribution in [3.05, 3.63) is 16.1 Å². The number of aliphatic carboxylic acids is 1. The van der Waals surface area contributed by atoms with Gasteiger partial charge in [-0.15, -0.1) is 11.3 Å². The number of carboxylic acid groups (broad SMARTS) is 1. The van der Waals surface area contributed by atoms with Crippen LogP contribution in [0.3, 0.4) is 0 Å². The molecular formula is C12H16N2O3S. The van der Waals surface area contributed by atoms with Gasteiger partial charge in [-0.1, -0.05) is 0 Å². The maximum atomic E-state index is 11.8. The first-order valence-electron chi connectivity index (χ1n) is 5.98. The maximum Gasteiger partial charge on any atom is 0.306 e. The summed E-state index contributed by atoms with van der Waals surface area (Å²) in [5.74, 6) is -1.14. The van der Waals surface area contributed by atoms with Gasteiger partial charge in [0.05, 0.1) is 23.0 Å². The Hall–Kier alpha value is -1.43. The maximum absolute atomic E-state index is 11.8. The molecule has 5 nitrogen and oxygen atoms in total. The molecule has 2 atom stereocenters. The monoisotopic (exact) mass is 268 g/mol. The number of carboxylic acids is 1. The van der Waals surface area contributed by atoms with Gasteiger partial charge >= 0.3 is 5.97 Å². The standard InChI is InChI=1S/C12H16N2O3S/c1-7-13-10(6-18-7)5-11(15)14-9-3-2-8(4-9)12(16)17/h6,8-9H,2-5H2,1H3,(H,14,15)(H,16,17)/t8-,9+/m1/s1. The minimum absolute atomic E-state index is 0.00154. The number of hydrogen-bond acceptors (Lipinski definition) is 4. The van der Waals surface area contributed by atoms with Gasteiger partial charge in [0.2, 0.25) is 5.91 Å². The molecule has 2 N–H and O–H groups in total. The molecule has 0 spiro atoms. The predicted octanol–water partition coefficient (Wildman–Crippen LogP) is 1.36. The summed E-state index contributed by atoms with van der Waals surface area (Å²) in [6.45, 7) is 1.90. The number of carbonyl (C=O) groups excluding carboxylic acids is 1. The summed E-state index contributed by atoms with van der Waals surface area (Å²) >= 11 is 1.52. The molecule has 1 amide bonds. The van der Waals surface area contributed by atoms with Crippen LogP contribution in [0.4, 0.5) is 0 Å². The second-order valence-electron chi connectivity index (χ2n) is 4.65. The van der Waals surface area contributed by atoms with E-state index in [0.29, 0.717) is 12.8 Å². The molecule has 0 saturated heterocycles. The van der Waals surface area contributed by atoms with E-state index in [9.17, 15) is 9.59 Å². The lowest BCUT2D eigenvalue weighted by atomic mass is 10.1. The molecule has 0 unspecified atom stereocenters. The van der Waals surface area contributed by atoms with E-state index >= 15 is 0 Å². The Labute approximate surface area is 109 Å². The average molecular weight is 268 g/mol. The summed E-state index contributed by atoms with van der Waals surface area (Å²) in [6.07, 6.45) is 2.21. The number of carbonyl (C=O) groups is 2. The van der Waals surface area contributed by atoms with Crippen LogP contribution in [0.1, 0.15) is 30.0 Å². The van der Waals surface area contributed by atoms with Crippen molar-refractivity contribution in [1.29, 1.82) is 0 Å². The molecule has 2 rings (SSSR count). The second-order valence-corrected chi connectivity index (χ2v) is 5.71. The Morgan fingerprint density at radius 3 is 2.89 bits per heavy atom. The van der Waals surface area contributed by atoms with E-state index in [1.54, 1.807) is 0 Å². The summed E-state index contributed by atoms with van der Waals surface area (Å²) in [4.78, 5) is 26.8. The van der Waals surface area contributed by atoms with Crippen molar-refractivity contribution < 1.29 is 14.7 Å². The van der Waals surface area contributed by atoms with Crippen LogP contribution in [-0.4, -0.2) is 28.0 Å². The van der Waals surface area contributed by atoms with Crippen molar-refractivity contribution in [2.45, 2.75) is 38.6 Å². The van der Waals surface area contributed by atoms with Crippen LogP contribution in [0.5, 0.6) is 0 Å². The van der Waals surface area contributed by atoms with Crippen molar-refractivity contribution in [2.24, 2.45) is 5.92 Å². The van der Waals surface area contributed by atoms with Crippen LogP contribution in [0.25, 0.3) is 0 Å². The van der Waals surface area contributed by atoms with E-state index < -0.39 is 5.97 Å². The number of thiazole rings is 1. The number of aromatic nitrogens is 1. The van der Waals surface area contributed by atoms with Crippen LogP contribution in [0.15, 0.2) is 5.38 Å². The molecular weight excluding hydrogens is 252 g/mol. The molecule has 1 aliphatic rings. The second kappa shape index (κ2) is 5.48. The van der Waals surface area contributed by atoms with Gasteiger partial charge in [0, 0.05) is 11.4 Å². The molecule has 0 aromatic carbocycles. The zero-order valence-corrected chi connectivity index (χ0v) is 11.0. The molecule has 1 heterocycles. The van der Waals surface area contributed by atoms with E-state index in [1.807, 2.05) is 12.3 Å². The molecule has 18 heavy (non-hydrogen) atoms. The van der Waals surface area contributed by atoms with Crippen LogP contribution in [0.2, 0.25) is 0 Å².